The van der Waals surface area contributed by atoms with Crippen molar-refractivity contribution in [2.45, 2.75) is 0 Å². The van der Waals surface area contributed by atoms with Gasteiger partial charge in [0, 0.05) is 66.0 Å². The summed E-state index contributed by atoms with van der Waals surface area (Å²) in [4.78, 5) is 4.53. The highest BCUT2D eigenvalue weighted by Gasteiger charge is 2.10. The van der Waals surface area contributed by atoms with Gasteiger partial charge in [0.1, 0.15) is 0 Å². The van der Waals surface area contributed by atoms with Crippen LogP contribution in [0.3, 0.4) is 0 Å². The third-order valence-electron chi connectivity index (χ3n) is 5.42. The van der Waals surface area contributed by atoms with Gasteiger partial charge in [0.05, 0.1) is 26.4 Å². The first-order chi connectivity index (χ1) is 15.6. The van der Waals surface area contributed by atoms with Crippen molar-refractivity contribution in [3.05, 3.63) is 66.2 Å². The number of hydrogen-bond acceptors (Lipinski definition) is 6. The summed E-state index contributed by atoms with van der Waals surface area (Å²) >= 11 is 0. The van der Waals surface area contributed by atoms with Crippen LogP contribution in [-0.2, 0) is 18.9 Å². The van der Waals surface area contributed by atoms with Gasteiger partial charge in [-0.1, -0.05) is 30.8 Å². The fraction of sp³-hybridized carbons (Fsp3) is 0.462. The topological polar surface area (TPSA) is 43.4 Å². The summed E-state index contributed by atoms with van der Waals surface area (Å²) in [6.07, 6.45) is 0. The first kappa shape index (κ1) is 25.9. The predicted octanol–water partition coefficient (Wildman–Crippen LogP) is 3.95. The van der Waals surface area contributed by atoms with Crippen LogP contribution in [0.2, 0.25) is 0 Å². The van der Waals surface area contributed by atoms with Gasteiger partial charge in [-0.3, -0.25) is 0 Å². The van der Waals surface area contributed by atoms with Crippen molar-refractivity contribution in [3.63, 3.8) is 0 Å². The molecule has 0 radical (unpaired) electrons. The van der Waals surface area contributed by atoms with Crippen LogP contribution in [0.25, 0.3) is 5.57 Å². The second-order valence-electron chi connectivity index (χ2n) is 7.52. The molecule has 32 heavy (non-hydrogen) atoms. The Hall–Kier alpha value is -2.38. The lowest BCUT2D eigenvalue weighted by molar-refractivity contribution is 0.190. The molecule has 0 atom stereocenters. The number of nitrogens with zero attached hydrogens (tertiary/aromatic N) is 2. The molecule has 0 heterocycles. The molecule has 0 fully saturated rings. The fourth-order valence-corrected chi connectivity index (χ4v) is 3.46. The smallest absolute Gasteiger partial charge is 0.0637 e. The van der Waals surface area contributed by atoms with Crippen molar-refractivity contribution in [2.24, 2.45) is 0 Å². The number of benzene rings is 2. The molecular weight excluding hydrogens is 404 g/mol. The lowest BCUT2D eigenvalue weighted by Gasteiger charge is -2.25. The Kier molecular flexibility index (Phi) is 11.8. The summed E-state index contributed by atoms with van der Waals surface area (Å²) in [6, 6.07) is 17.1. The maximum atomic E-state index is 5.25. The summed E-state index contributed by atoms with van der Waals surface area (Å²) in [5.74, 6) is 0. The molecule has 6 nitrogen and oxygen atoms in total. The van der Waals surface area contributed by atoms with E-state index < -0.39 is 0 Å². The van der Waals surface area contributed by atoms with E-state index in [1.54, 1.807) is 28.4 Å². The molecule has 0 aliphatic carbocycles. The average molecular weight is 443 g/mol. The Morgan fingerprint density at radius 1 is 0.562 bits per heavy atom. The van der Waals surface area contributed by atoms with Crippen molar-refractivity contribution in [3.8, 4) is 0 Å². The van der Waals surface area contributed by atoms with E-state index in [9.17, 15) is 0 Å². The largest absolute Gasteiger partial charge is 0.383 e. The summed E-state index contributed by atoms with van der Waals surface area (Å²) in [7, 11) is 6.89. The van der Waals surface area contributed by atoms with E-state index in [1.807, 2.05) is 0 Å². The minimum atomic E-state index is 0.677. The van der Waals surface area contributed by atoms with Crippen molar-refractivity contribution < 1.29 is 18.9 Å². The van der Waals surface area contributed by atoms with E-state index in [-0.39, 0.29) is 0 Å². The van der Waals surface area contributed by atoms with Crippen molar-refractivity contribution in [1.29, 1.82) is 0 Å². The molecule has 0 aromatic heterocycles. The van der Waals surface area contributed by atoms with E-state index in [2.05, 4.69) is 64.9 Å². The first-order valence-corrected chi connectivity index (χ1v) is 11.0. The third-order valence-corrected chi connectivity index (χ3v) is 5.42. The Labute approximate surface area is 193 Å². The molecular formula is C26H38N2O4. The lowest BCUT2D eigenvalue weighted by Crippen LogP contribution is -2.30. The van der Waals surface area contributed by atoms with Crippen molar-refractivity contribution in [2.75, 3.05) is 90.8 Å². The minimum Gasteiger partial charge on any atom is -0.383 e. The van der Waals surface area contributed by atoms with Gasteiger partial charge in [-0.2, -0.15) is 0 Å². The monoisotopic (exact) mass is 442 g/mol. The van der Waals surface area contributed by atoms with E-state index >= 15 is 0 Å². The van der Waals surface area contributed by atoms with Gasteiger partial charge in [0.25, 0.3) is 0 Å². The van der Waals surface area contributed by atoms with Gasteiger partial charge < -0.3 is 28.7 Å². The highest BCUT2D eigenvalue weighted by Crippen LogP contribution is 2.26. The second kappa shape index (κ2) is 14.6. The number of ether oxygens (including phenoxy) is 4. The Bertz CT molecular complexity index is 696. The SMILES string of the molecule is C=C(c1ccc(N(CCOC)CCOC)cc1)c1ccc(N(CCOC)CCOC)cc1. The van der Waals surface area contributed by atoms with Crippen LogP contribution in [-0.4, -0.2) is 81.0 Å². The molecule has 0 aliphatic rings. The molecule has 2 aromatic carbocycles. The van der Waals surface area contributed by atoms with Gasteiger partial charge in [-0.15, -0.1) is 0 Å². The van der Waals surface area contributed by atoms with Gasteiger partial charge in [0.15, 0.2) is 0 Å². The summed E-state index contributed by atoms with van der Waals surface area (Å²) in [6.45, 7) is 10.3. The van der Waals surface area contributed by atoms with Gasteiger partial charge in [0.2, 0.25) is 0 Å². The molecule has 0 bridgehead atoms. The quantitative estimate of drug-likeness (QED) is 0.392. The Morgan fingerprint density at radius 3 is 1.09 bits per heavy atom. The van der Waals surface area contributed by atoms with E-state index in [0.717, 1.165) is 54.3 Å². The molecule has 2 rings (SSSR count). The highest BCUT2D eigenvalue weighted by atomic mass is 16.5. The first-order valence-electron chi connectivity index (χ1n) is 11.0. The second-order valence-corrected chi connectivity index (χ2v) is 7.52. The molecule has 0 spiro atoms. The molecule has 6 heteroatoms. The fourth-order valence-electron chi connectivity index (χ4n) is 3.46. The Balaban J connectivity index is 2.09. The minimum absolute atomic E-state index is 0.677. The van der Waals surface area contributed by atoms with Crippen LogP contribution in [0.15, 0.2) is 55.1 Å². The number of methoxy groups -OCH3 is 4. The van der Waals surface area contributed by atoms with Crippen LogP contribution in [0.5, 0.6) is 0 Å². The van der Waals surface area contributed by atoms with E-state index in [4.69, 9.17) is 18.9 Å². The zero-order valence-electron chi connectivity index (χ0n) is 20.0. The van der Waals surface area contributed by atoms with Crippen molar-refractivity contribution in [1.82, 2.24) is 0 Å². The molecule has 0 amide bonds. The lowest BCUT2D eigenvalue weighted by atomic mass is 9.99. The maximum Gasteiger partial charge on any atom is 0.0637 e. The van der Waals surface area contributed by atoms with Gasteiger partial charge >= 0.3 is 0 Å². The van der Waals surface area contributed by atoms with Crippen LogP contribution >= 0.6 is 0 Å². The van der Waals surface area contributed by atoms with Crippen molar-refractivity contribution >= 4 is 16.9 Å². The van der Waals surface area contributed by atoms with Gasteiger partial charge in [-0.25, -0.2) is 0 Å². The molecule has 0 N–H and O–H groups in total. The summed E-state index contributed by atoms with van der Waals surface area (Å²) < 4.78 is 21.0. The predicted molar refractivity (Wildman–Crippen MR) is 133 cm³/mol. The van der Waals surface area contributed by atoms with E-state index in [0.29, 0.717) is 26.4 Å². The zero-order chi connectivity index (χ0) is 23.2. The summed E-state index contributed by atoms with van der Waals surface area (Å²) in [5, 5.41) is 0. The molecule has 176 valence electrons. The average Bonchev–Trinajstić information content (AvgIpc) is 2.84. The van der Waals surface area contributed by atoms with Crippen LogP contribution in [0, 0.1) is 0 Å². The standard InChI is InChI=1S/C26H38N2O4/c1-22(23-6-10-25(11-7-23)27(14-18-29-2)15-19-30-3)24-8-12-26(13-9-24)28(16-20-31-4)17-21-32-5/h6-13H,1,14-21H2,2-5H3. The normalized spacial score (nSPS) is 10.9. The third kappa shape index (κ3) is 7.95. The molecule has 0 aliphatic heterocycles. The number of hydrogen-bond donors (Lipinski definition) is 0. The number of anilines is 2. The Morgan fingerprint density at radius 2 is 0.844 bits per heavy atom. The number of rotatable bonds is 16. The molecule has 0 saturated carbocycles. The van der Waals surface area contributed by atoms with Gasteiger partial charge in [-0.05, 0) is 41.0 Å². The summed E-state index contributed by atoms with van der Waals surface area (Å²) in [5.41, 5.74) is 5.52. The zero-order valence-corrected chi connectivity index (χ0v) is 20.0. The van der Waals surface area contributed by atoms with E-state index in [1.165, 1.54) is 0 Å². The highest BCUT2D eigenvalue weighted by molar-refractivity contribution is 5.79. The maximum absolute atomic E-state index is 5.25. The molecule has 2 aromatic rings. The van der Waals surface area contributed by atoms with Crippen LogP contribution in [0.1, 0.15) is 11.1 Å². The van der Waals surface area contributed by atoms with Crippen LogP contribution < -0.4 is 9.80 Å². The molecule has 0 unspecified atom stereocenters. The molecule has 0 saturated heterocycles. The van der Waals surface area contributed by atoms with Crippen LogP contribution in [0.4, 0.5) is 11.4 Å².